The molecule has 0 radical (unpaired) electrons. The van der Waals surface area contributed by atoms with E-state index in [0.29, 0.717) is 16.5 Å². The zero-order valence-corrected chi connectivity index (χ0v) is 10.9. The smallest absolute Gasteiger partial charge is 0.283 e. The number of nitrogens with one attached hydrogen (secondary N) is 2. The van der Waals surface area contributed by atoms with Gasteiger partial charge in [-0.05, 0) is 29.5 Å². The number of rotatable bonds is 4. The molecule has 20 heavy (non-hydrogen) atoms. The highest BCUT2D eigenvalue weighted by Gasteiger charge is 2.03. The fourth-order valence-electron chi connectivity index (χ4n) is 1.58. The molecule has 2 N–H and O–H groups in total. The molecule has 0 aliphatic heterocycles. The number of furan rings is 1. The molecule has 0 saturated heterocycles. The van der Waals surface area contributed by atoms with Crippen LogP contribution in [0, 0.1) is 0 Å². The van der Waals surface area contributed by atoms with E-state index in [1.807, 2.05) is 30.3 Å². The lowest BCUT2D eigenvalue weighted by Gasteiger charge is -1.96. The minimum Gasteiger partial charge on any atom is -0.455 e. The first-order valence-corrected chi connectivity index (χ1v) is 6.07. The van der Waals surface area contributed by atoms with Gasteiger partial charge in [-0.15, -0.1) is 5.10 Å². The predicted octanol–water partition coefficient (Wildman–Crippen LogP) is 2.56. The normalized spacial score (nSPS) is 11.1. The first-order valence-electron chi connectivity index (χ1n) is 5.69. The van der Waals surface area contributed by atoms with E-state index in [2.05, 4.69) is 31.2 Å². The summed E-state index contributed by atoms with van der Waals surface area (Å²) in [4.78, 5) is 0. The number of hydrogen-bond acceptors (Lipinski definition) is 6. The summed E-state index contributed by atoms with van der Waals surface area (Å²) in [5.74, 6) is 1.59. The van der Waals surface area contributed by atoms with Crippen molar-refractivity contribution in [3.8, 4) is 11.3 Å². The van der Waals surface area contributed by atoms with Crippen LogP contribution in [-0.2, 0) is 0 Å². The Hall–Kier alpha value is -2.67. The van der Waals surface area contributed by atoms with E-state index in [1.165, 1.54) is 6.21 Å². The second-order valence-corrected chi connectivity index (χ2v) is 4.25. The van der Waals surface area contributed by atoms with Crippen molar-refractivity contribution in [2.24, 2.45) is 5.10 Å². The van der Waals surface area contributed by atoms with Gasteiger partial charge in [0.2, 0.25) is 0 Å². The second kappa shape index (κ2) is 5.54. The van der Waals surface area contributed by atoms with Gasteiger partial charge >= 0.3 is 0 Å². The molecule has 2 heterocycles. The van der Waals surface area contributed by atoms with Crippen LogP contribution in [0.2, 0.25) is 5.02 Å². The molecule has 7 nitrogen and oxygen atoms in total. The van der Waals surface area contributed by atoms with Crippen molar-refractivity contribution < 1.29 is 4.42 Å². The molecule has 1 aromatic carbocycles. The Kier molecular flexibility index (Phi) is 3.42. The Morgan fingerprint density at radius 3 is 3.05 bits per heavy atom. The number of tetrazole rings is 1. The lowest BCUT2D eigenvalue weighted by Crippen LogP contribution is -1.91. The van der Waals surface area contributed by atoms with Crippen molar-refractivity contribution in [1.82, 2.24) is 20.6 Å². The summed E-state index contributed by atoms with van der Waals surface area (Å²) in [6.45, 7) is 0. The number of hydrazone groups is 1. The molecule has 3 rings (SSSR count). The number of benzene rings is 1. The lowest BCUT2D eigenvalue weighted by molar-refractivity contribution is 0.575. The molecule has 0 atom stereocenters. The van der Waals surface area contributed by atoms with Crippen molar-refractivity contribution >= 4 is 23.8 Å². The average Bonchev–Trinajstić information content (AvgIpc) is 3.10. The SMILES string of the molecule is Clc1cccc(-c2ccc(C=NNc3nn[nH]n3)o2)c1. The molecule has 100 valence electrons. The predicted molar refractivity (Wildman–Crippen MR) is 74.5 cm³/mol. The third kappa shape index (κ3) is 2.83. The molecule has 0 unspecified atom stereocenters. The first-order chi connectivity index (χ1) is 9.81. The minimum absolute atomic E-state index is 0.280. The van der Waals surface area contributed by atoms with E-state index < -0.39 is 0 Å². The van der Waals surface area contributed by atoms with Gasteiger partial charge in [0.25, 0.3) is 5.95 Å². The van der Waals surface area contributed by atoms with Crippen molar-refractivity contribution in [2.45, 2.75) is 0 Å². The van der Waals surface area contributed by atoms with Crippen LogP contribution in [0.15, 0.2) is 45.9 Å². The highest BCUT2D eigenvalue weighted by Crippen LogP contribution is 2.24. The Balaban J connectivity index is 1.72. The topological polar surface area (TPSA) is 92.0 Å². The maximum atomic E-state index is 5.94. The maximum absolute atomic E-state index is 5.94. The van der Waals surface area contributed by atoms with Crippen LogP contribution in [0.3, 0.4) is 0 Å². The third-order valence-corrected chi connectivity index (χ3v) is 2.67. The monoisotopic (exact) mass is 288 g/mol. The van der Waals surface area contributed by atoms with E-state index in [-0.39, 0.29) is 5.95 Å². The number of H-pyrrole nitrogens is 1. The number of anilines is 1. The van der Waals surface area contributed by atoms with E-state index in [0.717, 1.165) is 5.56 Å². The molecule has 0 saturated carbocycles. The van der Waals surface area contributed by atoms with Crippen LogP contribution in [0.25, 0.3) is 11.3 Å². The van der Waals surface area contributed by atoms with Crippen molar-refractivity contribution in [3.05, 3.63) is 47.2 Å². The third-order valence-electron chi connectivity index (χ3n) is 2.44. The van der Waals surface area contributed by atoms with Gasteiger partial charge in [-0.2, -0.15) is 10.3 Å². The van der Waals surface area contributed by atoms with Crippen LogP contribution >= 0.6 is 11.6 Å². The average molecular weight is 289 g/mol. The zero-order valence-electron chi connectivity index (χ0n) is 10.1. The van der Waals surface area contributed by atoms with Gasteiger partial charge in [-0.1, -0.05) is 28.8 Å². The highest BCUT2D eigenvalue weighted by molar-refractivity contribution is 6.30. The fourth-order valence-corrected chi connectivity index (χ4v) is 1.77. The van der Waals surface area contributed by atoms with Crippen LogP contribution in [0.1, 0.15) is 5.76 Å². The van der Waals surface area contributed by atoms with Gasteiger partial charge < -0.3 is 4.42 Å². The molecule has 0 fully saturated rings. The lowest BCUT2D eigenvalue weighted by atomic mass is 10.2. The second-order valence-electron chi connectivity index (χ2n) is 3.82. The molecule has 0 aliphatic carbocycles. The summed E-state index contributed by atoms with van der Waals surface area (Å²) in [6.07, 6.45) is 1.52. The quantitative estimate of drug-likeness (QED) is 0.568. The summed E-state index contributed by atoms with van der Waals surface area (Å²) >= 11 is 5.94. The van der Waals surface area contributed by atoms with E-state index in [4.69, 9.17) is 16.0 Å². The Bertz CT molecular complexity index is 721. The number of halogens is 1. The van der Waals surface area contributed by atoms with Gasteiger partial charge in [0, 0.05) is 10.6 Å². The summed E-state index contributed by atoms with van der Waals surface area (Å²) in [5, 5.41) is 17.7. The van der Waals surface area contributed by atoms with Gasteiger partial charge in [0.1, 0.15) is 11.5 Å². The standard InChI is InChI=1S/C12H9ClN6O/c13-9-3-1-2-8(6-9)11-5-4-10(20-11)7-14-15-12-16-18-19-17-12/h1-7H,(H2,15,16,17,18,19). The maximum Gasteiger partial charge on any atom is 0.283 e. The molecule has 0 amide bonds. The van der Waals surface area contributed by atoms with E-state index >= 15 is 0 Å². The number of aromatic amines is 1. The van der Waals surface area contributed by atoms with Gasteiger partial charge in [-0.25, -0.2) is 5.43 Å². The van der Waals surface area contributed by atoms with Crippen molar-refractivity contribution in [2.75, 3.05) is 5.43 Å². The van der Waals surface area contributed by atoms with Crippen LogP contribution in [-0.4, -0.2) is 26.8 Å². The summed E-state index contributed by atoms with van der Waals surface area (Å²) < 4.78 is 5.63. The van der Waals surface area contributed by atoms with Crippen LogP contribution in [0.5, 0.6) is 0 Å². The first kappa shape index (κ1) is 12.4. The van der Waals surface area contributed by atoms with Crippen molar-refractivity contribution in [1.29, 1.82) is 0 Å². The number of aromatic nitrogens is 4. The van der Waals surface area contributed by atoms with Crippen LogP contribution in [0.4, 0.5) is 5.95 Å². The molecule has 8 heteroatoms. The molecular formula is C12H9ClN6O. The summed E-state index contributed by atoms with van der Waals surface area (Å²) in [7, 11) is 0. The Labute approximate surface area is 118 Å². The largest absolute Gasteiger partial charge is 0.455 e. The molecule has 0 bridgehead atoms. The van der Waals surface area contributed by atoms with Gasteiger partial charge in [0.15, 0.2) is 0 Å². The minimum atomic E-state index is 0.280. The molecule has 0 aliphatic rings. The summed E-state index contributed by atoms with van der Waals surface area (Å²) in [5.41, 5.74) is 3.51. The zero-order chi connectivity index (χ0) is 13.8. The van der Waals surface area contributed by atoms with Gasteiger partial charge in [0.05, 0.1) is 6.21 Å². The van der Waals surface area contributed by atoms with E-state index in [1.54, 1.807) is 6.07 Å². The molecule has 3 aromatic rings. The number of nitrogens with zero attached hydrogens (tertiary/aromatic N) is 4. The highest BCUT2D eigenvalue weighted by atomic mass is 35.5. The number of hydrogen-bond donors (Lipinski definition) is 2. The fraction of sp³-hybridized carbons (Fsp3) is 0. The van der Waals surface area contributed by atoms with E-state index in [9.17, 15) is 0 Å². The Morgan fingerprint density at radius 2 is 2.25 bits per heavy atom. The Morgan fingerprint density at radius 1 is 1.30 bits per heavy atom. The molecule has 0 spiro atoms. The molecule has 2 aromatic heterocycles. The molecular weight excluding hydrogens is 280 g/mol. The van der Waals surface area contributed by atoms with Crippen molar-refractivity contribution in [3.63, 3.8) is 0 Å². The van der Waals surface area contributed by atoms with Crippen LogP contribution < -0.4 is 5.43 Å². The van der Waals surface area contributed by atoms with Gasteiger partial charge in [-0.3, -0.25) is 0 Å². The summed E-state index contributed by atoms with van der Waals surface area (Å²) in [6, 6.07) is 11.1.